The first-order valence-corrected chi connectivity index (χ1v) is 9.47. The Morgan fingerprint density at radius 2 is 1.77 bits per heavy atom. The van der Waals surface area contributed by atoms with Crippen LogP contribution in [0.5, 0.6) is 0 Å². The number of carbonyl (C=O) groups excluding carboxylic acids is 1. The average molecular weight is 320 g/mol. The fourth-order valence-electron chi connectivity index (χ4n) is 3.34. The highest BCUT2D eigenvalue weighted by molar-refractivity contribution is 7.98. The maximum atomic E-state index is 12.6. The molecule has 3 rings (SSSR count). The van der Waals surface area contributed by atoms with E-state index in [2.05, 4.69) is 20.6 Å². The highest BCUT2D eigenvalue weighted by Crippen LogP contribution is 2.25. The Balaban J connectivity index is 1.76. The molecule has 0 saturated heterocycles. The Morgan fingerprint density at radius 3 is 2.41 bits per heavy atom. The lowest BCUT2D eigenvalue weighted by molar-refractivity contribution is 0.0938. The number of hydrogen-bond donors (Lipinski definition) is 2. The fourth-order valence-corrected chi connectivity index (χ4v) is 3.68. The molecule has 2 saturated carbocycles. The van der Waals surface area contributed by atoms with Crippen molar-refractivity contribution in [1.82, 2.24) is 15.3 Å². The van der Waals surface area contributed by atoms with E-state index in [0.29, 0.717) is 28.6 Å². The van der Waals surface area contributed by atoms with Gasteiger partial charge in [0.25, 0.3) is 5.91 Å². The maximum absolute atomic E-state index is 12.6. The van der Waals surface area contributed by atoms with Gasteiger partial charge in [-0.2, -0.15) is 0 Å². The molecule has 120 valence electrons. The van der Waals surface area contributed by atoms with Gasteiger partial charge in [-0.05, 0) is 31.9 Å². The molecule has 2 fully saturated rings. The molecule has 6 heteroatoms. The molecular formula is C16H24N4OS. The summed E-state index contributed by atoms with van der Waals surface area (Å²) >= 11 is 1.50. The molecule has 2 aliphatic carbocycles. The second-order valence-corrected chi connectivity index (χ2v) is 6.97. The molecule has 0 atom stereocenters. The second kappa shape index (κ2) is 7.31. The van der Waals surface area contributed by atoms with Gasteiger partial charge in [-0.1, -0.05) is 37.4 Å². The van der Waals surface area contributed by atoms with Crippen LogP contribution in [0.3, 0.4) is 0 Å². The summed E-state index contributed by atoms with van der Waals surface area (Å²) in [5.41, 5.74) is 0.580. The van der Waals surface area contributed by atoms with E-state index in [1.165, 1.54) is 37.4 Å². The predicted molar refractivity (Wildman–Crippen MR) is 89.4 cm³/mol. The van der Waals surface area contributed by atoms with E-state index < -0.39 is 0 Å². The average Bonchev–Trinajstić information content (AvgIpc) is 3.21. The van der Waals surface area contributed by atoms with E-state index in [9.17, 15) is 4.79 Å². The van der Waals surface area contributed by atoms with Crippen molar-refractivity contribution in [3.63, 3.8) is 0 Å². The van der Waals surface area contributed by atoms with E-state index in [4.69, 9.17) is 0 Å². The van der Waals surface area contributed by atoms with Crippen LogP contribution in [-0.4, -0.2) is 34.2 Å². The maximum Gasteiger partial charge on any atom is 0.256 e. The smallest absolute Gasteiger partial charge is 0.256 e. The molecule has 0 spiro atoms. The van der Waals surface area contributed by atoms with Gasteiger partial charge in [-0.3, -0.25) is 4.79 Å². The second-order valence-electron chi connectivity index (χ2n) is 6.20. The van der Waals surface area contributed by atoms with Crippen molar-refractivity contribution < 1.29 is 4.79 Å². The largest absolute Gasteiger partial charge is 0.367 e. The molecule has 0 aliphatic heterocycles. The van der Waals surface area contributed by atoms with Crippen LogP contribution >= 0.6 is 11.8 Å². The summed E-state index contributed by atoms with van der Waals surface area (Å²) < 4.78 is 0. The zero-order valence-electron chi connectivity index (χ0n) is 13.1. The van der Waals surface area contributed by atoms with Crippen molar-refractivity contribution >= 4 is 23.5 Å². The van der Waals surface area contributed by atoms with Crippen molar-refractivity contribution in [2.45, 2.75) is 68.6 Å². The third kappa shape index (κ3) is 3.72. The molecule has 2 N–H and O–H groups in total. The first-order chi connectivity index (χ1) is 10.8. The molecule has 2 aliphatic rings. The Bertz CT molecular complexity index is 525. The Kier molecular flexibility index (Phi) is 5.18. The third-order valence-corrected chi connectivity index (χ3v) is 5.14. The van der Waals surface area contributed by atoms with E-state index in [1.807, 2.05) is 6.26 Å². The summed E-state index contributed by atoms with van der Waals surface area (Å²) in [5, 5.41) is 7.30. The number of nitrogens with zero attached hydrogens (tertiary/aromatic N) is 2. The molecule has 1 aromatic rings. The highest BCUT2D eigenvalue weighted by atomic mass is 32.2. The quantitative estimate of drug-likeness (QED) is 0.644. The van der Waals surface area contributed by atoms with Gasteiger partial charge in [-0.25, -0.2) is 9.97 Å². The zero-order chi connectivity index (χ0) is 15.4. The third-order valence-electron chi connectivity index (χ3n) is 4.58. The van der Waals surface area contributed by atoms with Gasteiger partial charge in [-0.15, -0.1) is 0 Å². The number of carbonyl (C=O) groups is 1. The minimum Gasteiger partial charge on any atom is -0.367 e. The zero-order valence-corrected chi connectivity index (χ0v) is 13.9. The van der Waals surface area contributed by atoms with Crippen LogP contribution in [0.4, 0.5) is 5.82 Å². The van der Waals surface area contributed by atoms with Gasteiger partial charge >= 0.3 is 0 Å². The van der Waals surface area contributed by atoms with E-state index in [1.54, 1.807) is 6.20 Å². The first kappa shape index (κ1) is 15.6. The molecule has 5 nitrogen and oxygen atoms in total. The standard InChI is InChI=1S/C16H24N4OS/c1-22-16-17-10-13(15(21)19-12-8-4-5-9-12)14(20-16)18-11-6-2-3-7-11/h10-12H,2-9H2,1H3,(H,19,21)(H,17,18,20). The van der Waals surface area contributed by atoms with Crippen molar-refractivity contribution in [1.29, 1.82) is 0 Å². The SMILES string of the molecule is CSc1ncc(C(=O)NC2CCCC2)c(NC2CCCC2)n1. The summed E-state index contributed by atoms with van der Waals surface area (Å²) in [6.45, 7) is 0. The number of amides is 1. The molecule has 0 unspecified atom stereocenters. The number of hydrogen-bond acceptors (Lipinski definition) is 5. The van der Waals surface area contributed by atoms with Crippen LogP contribution < -0.4 is 10.6 Å². The molecule has 1 amide bonds. The molecule has 0 bridgehead atoms. The topological polar surface area (TPSA) is 66.9 Å². The van der Waals surface area contributed by atoms with Crippen molar-refractivity contribution in [3.8, 4) is 0 Å². The molecule has 0 aromatic carbocycles. The van der Waals surface area contributed by atoms with Crippen molar-refractivity contribution in [2.75, 3.05) is 11.6 Å². The van der Waals surface area contributed by atoms with E-state index in [0.717, 1.165) is 25.7 Å². The minimum atomic E-state index is -0.0416. The van der Waals surface area contributed by atoms with Crippen LogP contribution in [0.1, 0.15) is 61.7 Å². The first-order valence-electron chi connectivity index (χ1n) is 8.24. The highest BCUT2D eigenvalue weighted by Gasteiger charge is 2.23. The van der Waals surface area contributed by atoms with Gasteiger partial charge in [0.2, 0.25) is 0 Å². The fraction of sp³-hybridized carbons (Fsp3) is 0.688. The molecule has 0 radical (unpaired) electrons. The van der Waals surface area contributed by atoms with E-state index in [-0.39, 0.29) is 5.91 Å². The van der Waals surface area contributed by atoms with Crippen molar-refractivity contribution in [2.24, 2.45) is 0 Å². The molecule has 1 aromatic heterocycles. The number of aromatic nitrogens is 2. The normalized spacial score (nSPS) is 19.5. The lowest BCUT2D eigenvalue weighted by atomic mass is 10.2. The van der Waals surface area contributed by atoms with Gasteiger partial charge < -0.3 is 10.6 Å². The van der Waals surface area contributed by atoms with Gasteiger partial charge in [0.05, 0.1) is 0 Å². The van der Waals surface area contributed by atoms with Crippen LogP contribution in [0.15, 0.2) is 11.4 Å². The summed E-state index contributed by atoms with van der Waals surface area (Å²) in [5.74, 6) is 0.654. The number of anilines is 1. The van der Waals surface area contributed by atoms with Crippen LogP contribution in [-0.2, 0) is 0 Å². The van der Waals surface area contributed by atoms with Crippen LogP contribution in [0.2, 0.25) is 0 Å². The summed E-state index contributed by atoms with van der Waals surface area (Å²) in [7, 11) is 0. The number of rotatable bonds is 5. The van der Waals surface area contributed by atoms with Crippen LogP contribution in [0, 0.1) is 0 Å². The molecule has 22 heavy (non-hydrogen) atoms. The number of nitrogens with one attached hydrogen (secondary N) is 2. The predicted octanol–water partition coefficient (Wildman–Crippen LogP) is 3.23. The van der Waals surface area contributed by atoms with Gasteiger partial charge in [0.15, 0.2) is 5.16 Å². The van der Waals surface area contributed by atoms with Crippen molar-refractivity contribution in [3.05, 3.63) is 11.8 Å². The minimum absolute atomic E-state index is 0.0416. The van der Waals surface area contributed by atoms with Gasteiger partial charge in [0.1, 0.15) is 11.4 Å². The molecular weight excluding hydrogens is 296 g/mol. The lowest BCUT2D eigenvalue weighted by Crippen LogP contribution is -2.33. The molecule has 1 heterocycles. The Hall–Kier alpha value is -1.30. The monoisotopic (exact) mass is 320 g/mol. The Morgan fingerprint density at radius 1 is 1.14 bits per heavy atom. The number of thioether (sulfide) groups is 1. The Labute approximate surface area is 136 Å². The van der Waals surface area contributed by atoms with E-state index >= 15 is 0 Å². The lowest BCUT2D eigenvalue weighted by Gasteiger charge is -2.17. The summed E-state index contributed by atoms with van der Waals surface area (Å²) in [4.78, 5) is 21.4. The van der Waals surface area contributed by atoms with Crippen LogP contribution in [0.25, 0.3) is 0 Å². The van der Waals surface area contributed by atoms with Gasteiger partial charge in [0, 0.05) is 18.3 Å². The summed E-state index contributed by atoms with van der Waals surface area (Å²) in [6, 6.07) is 0.745. The summed E-state index contributed by atoms with van der Waals surface area (Å²) in [6.07, 6.45) is 13.0.